The Kier molecular flexibility index (Phi) is 10.4. The minimum absolute atomic E-state index is 0.117. The van der Waals surface area contributed by atoms with Gasteiger partial charge in [-0.2, -0.15) is 26.3 Å². The van der Waals surface area contributed by atoms with Crippen molar-refractivity contribution in [2.24, 2.45) is 0 Å². The molecule has 2 rings (SSSR count). The topological polar surface area (TPSA) is 35.7 Å². The number of alkyl halides is 6. The van der Waals surface area contributed by atoms with Crippen LogP contribution in [-0.4, -0.2) is 65.6 Å². The quantitative estimate of drug-likeness (QED) is 0.174. The highest BCUT2D eigenvalue weighted by molar-refractivity contribution is 5.52. The molecule has 0 saturated carbocycles. The van der Waals surface area contributed by atoms with Crippen molar-refractivity contribution in [2.45, 2.75) is 103 Å². The monoisotopic (exact) mass is 539 g/mol. The van der Waals surface area contributed by atoms with Crippen LogP contribution in [0.5, 0.6) is 5.75 Å². The van der Waals surface area contributed by atoms with Crippen molar-refractivity contribution >= 4 is 6.34 Å². The van der Waals surface area contributed by atoms with Gasteiger partial charge >= 0.3 is 12.4 Å². The number of aryl methyl sites for hydroxylation is 2. The van der Waals surface area contributed by atoms with Gasteiger partial charge in [-0.1, -0.05) is 26.7 Å². The zero-order valence-electron chi connectivity index (χ0n) is 22.5. The fourth-order valence-corrected chi connectivity index (χ4v) is 4.68. The third-order valence-corrected chi connectivity index (χ3v) is 6.99. The van der Waals surface area contributed by atoms with Gasteiger partial charge in [0.25, 0.3) is 5.60 Å². The van der Waals surface area contributed by atoms with Gasteiger partial charge in [0.15, 0.2) is 0 Å². The first-order valence-corrected chi connectivity index (χ1v) is 13.0. The summed E-state index contributed by atoms with van der Waals surface area (Å²) in [5.41, 5.74) is -5.52. The fourth-order valence-electron chi connectivity index (χ4n) is 4.68. The van der Waals surface area contributed by atoms with Crippen LogP contribution >= 0.6 is 0 Å². The standard InChI is InChI=1S/C27H41F6N2O2/c1-6-12-20-16-22(25(36,26(28,29)30)27(31,32)33)17-21(13-7-2)23(20)37-15-11-9-8-10-14-35-18-24(3,4)34(5)19-35/h16-17,19,36H,6-15,18H2,1-5H3/q+1. The van der Waals surface area contributed by atoms with E-state index in [9.17, 15) is 31.4 Å². The Hall–Kier alpha value is -1.97. The van der Waals surface area contributed by atoms with Crippen LogP contribution in [0.3, 0.4) is 0 Å². The van der Waals surface area contributed by atoms with Gasteiger partial charge in [-0.05, 0) is 75.6 Å². The van der Waals surface area contributed by atoms with Crippen LogP contribution in [0, 0.1) is 0 Å². The Labute approximate surface area is 216 Å². The lowest BCUT2D eigenvalue weighted by Crippen LogP contribution is -2.54. The average Bonchev–Trinajstić information content (AvgIpc) is 3.03. The molecule has 1 aromatic carbocycles. The van der Waals surface area contributed by atoms with Crippen LogP contribution in [0.2, 0.25) is 0 Å². The Bertz CT molecular complexity index is 883. The van der Waals surface area contributed by atoms with E-state index in [0.717, 1.165) is 50.9 Å². The van der Waals surface area contributed by atoms with Crippen LogP contribution in [-0.2, 0) is 18.4 Å². The third-order valence-electron chi connectivity index (χ3n) is 6.99. The van der Waals surface area contributed by atoms with Gasteiger partial charge in [-0.15, -0.1) is 0 Å². The lowest BCUT2D eigenvalue weighted by atomic mass is 9.87. The summed E-state index contributed by atoms with van der Waals surface area (Å²) >= 11 is 0. The maximum Gasteiger partial charge on any atom is 0.430 e. The number of unbranched alkanes of at least 4 members (excludes halogenated alkanes) is 3. The second-order valence-electron chi connectivity index (χ2n) is 10.6. The molecule has 0 spiro atoms. The lowest BCUT2D eigenvalue weighted by Gasteiger charge is -2.33. The van der Waals surface area contributed by atoms with E-state index >= 15 is 0 Å². The molecule has 37 heavy (non-hydrogen) atoms. The molecule has 1 aliphatic heterocycles. The van der Waals surface area contributed by atoms with E-state index in [-0.39, 0.29) is 29.5 Å². The number of benzene rings is 1. The maximum absolute atomic E-state index is 13.5. The third kappa shape index (κ3) is 7.33. The average molecular weight is 540 g/mol. The summed E-state index contributed by atoms with van der Waals surface area (Å²) in [6.07, 6.45) is -4.58. The number of nitrogens with zero attached hydrogens (tertiary/aromatic N) is 2. The molecular formula is C27H41F6N2O2+. The highest BCUT2D eigenvalue weighted by atomic mass is 19.4. The van der Waals surface area contributed by atoms with E-state index in [1.54, 1.807) is 13.8 Å². The molecule has 0 fully saturated rings. The second-order valence-corrected chi connectivity index (χ2v) is 10.6. The second kappa shape index (κ2) is 12.3. The molecule has 10 heteroatoms. The SMILES string of the molecule is CCCc1cc(C(O)(C(F)(F)F)C(F)(F)F)cc(CCC)c1OCCCCCC[N+]1=CN(C)C(C)(C)C1. The zero-order chi connectivity index (χ0) is 28.1. The molecule has 212 valence electrons. The van der Waals surface area contributed by atoms with E-state index < -0.39 is 23.5 Å². The van der Waals surface area contributed by atoms with Crippen LogP contribution < -0.4 is 4.74 Å². The van der Waals surface area contributed by atoms with Crippen molar-refractivity contribution in [3.63, 3.8) is 0 Å². The van der Waals surface area contributed by atoms with Crippen molar-refractivity contribution < 1.29 is 40.8 Å². The van der Waals surface area contributed by atoms with Crippen LogP contribution in [0.15, 0.2) is 12.1 Å². The summed E-state index contributed by atoms with van der Waals surface area (Å²) in [6, 6.07) is 1.62. The number of halogens is 6. The first-order chi connectivity index (χ1) is 17.1. The molecule has 0 aromatic heterocycles. The van der Waals surface area contributed by atoms with Gasteiger partial charge in [0.1, 0.15) is 17.8 Å². The van der Waals surface area contributed by atoms with Crippen molar-refractivity contribution in [3.8, 4) is 5.75 Å². The molecule has 1 N–H and O–H groups in total. The molecule has 1 heterocycles. The Morgan fingerprint density at radius 2 is 1.43 bits per heavy atom. The number of likely N-dealkylation sites (N-methyl/N-ethyl adjacent to an activating group) is 1. The molecule has 0 radical (unpaired) electrons. The summed E-state index contributed by atoms with van der Waals surface area (Å²) in [4.78, 5) is 2.21. The summed E-state index contributed by atoms with van der Waals surface area (Å²) < 4.78 is 89.4. The molecule has 0 saturated heterocycles. The van der Waals surface area contributed by atoms with Crippen molar-refractivity contribution in [2.75, 3.05) is 26.7 Å². The first kappa shape index (κ1) is 31.2. The molecular weight excluding hydrogens is 498 g/mol. The van der Waals surface area contributed by atoms with Crippen LogP contribution in [0.25, 0.3) is 0 Å². The van der Waals surface area contributed by atoms with Crippen molar-refractivity contribution in [1.82, 2.24) is 4.90 Å². The number of rotatable bonds is 13. The Morgan fingerprint density at radius 3 is 1.86 bits per heavy atom. The predicted molar refractivity (Wildman–Crippen MR) is 132 cm³/mol. The van der Waals surface area contributed by atoms with Gasteiger partial charge in [0, 0.05) is 5.56 Å². The molecule has 0 atom stereocenters. The molecule has 0 unspecified atom stereocenters. The number of hydrogen-bond donors (Lipinski definition) is 1. The van der Waals surface area contributed by atoms with Crippen LogP contribution in [0.4, 0.5) is 26.3 Å². The van der Waals surface area contributed by atoms with E-state index in [2.05, 4.69) is 36.7 Å². The van der Waals surface area contributed by atoms with Crippen LogP contribution in [0.1, 0.15) is 82.9 Å². The minimum Gasteiger partial charge on any atom is -0.493 e. The van der Waals surface area contributed by atoms with Crippen molar-refractivity contribution in [1.29, 1.82) is 0 Å². The van der Waals surface area contributed by atoms with Gasteiger partial charge in [-0.3, -0.25) is 9.48 Å². The molecule has 1 aromatic rings. The lowest BCUT2D eigenvalue weighted by molar-refractivity contribution is -0.521. The molecule has 1 aliphatic rings. The molecule has 4 nitrogen and oxygen atoms in total. The predicted octanol–water partition coefficient (Wildman–Crippen LogP) is 6.61. The minimum atomic E-state index is -5.92. The normalized spacial score (nSPS) is 16.3. The van der Waals surface area contributed by atoms with Gasteiger partial charge in [0.05, 0.1) is 20.2 Å². The van der Waals surface area contributed by atoms with E-state index in [1.165, 1.54) is 0 Å². The maximum atomic E-state index is 13.5. The summed E-state index contributed by atoms with van der Waals surface area (Å²) in [5, 5.41) is 9.95. The fraction of sp³-hybridized carbons (Fsp3) is 0.741. The molecule has 0 aliphatic carbocycles. The number of aliphatic hydroxyl groups is 1. The largest absolute Gasteiger partial charge is 0.493 e. The van der Waals surface area contributed by atoms with E-state index in [1.807, 2.05) is 0 Å². The Morgan fingerprint density at radius 1 is 0.919 bits per heavy atom. The first-order valence-electron chi connectivity index (χ1n) is 13.0. The number of hydrogen-bond acceptors (Lipinski definition) is 3. The zero-order valence-corrected chi connectivity index (χ0v) is 22.5. The molecule has 0 bridgehead atoms. The highest BCUT2D eigenvalue weighted by Crippen LogP contribution is 2.51. The van der Waals surface area contributed by atoms with E-state index in [0.29, 0.717) is 25.2 Å². The number of ether oxygens (including phenoxy) is 1. The van der Waals surface area contributed by atoms with Gasteiger partial charge in [-0.25, -0.2) is 0 Å². The highest BCUT2D eigenvalue weighted by Gasteiger charge is 2.71. The smallest absolute Gasteiger partial charge is 0.430 e. The Balaban J connectivity index is 2.10. The van der Waals surface area contributed by atoms with Gasteiger partial charge in [0.2, 0.25) is 6.34 Å². The molecule has 0 amide bonds. The summed E-state index contributed by atoms with van der Waals surface area (Å²) in [7, 11) is 2.07. The van der Waals surface area contributed by atoms with Crippen molar-refractivity contribution in [3.05, 3.63) is 28.8 Å². The summed E-state index contributed by atoms with van der Waals surface area (Å²) in [5.74, 6) is 0.344. The van der Waals surface area contributed by atoms with Gasteiger partial charge < -0.3 is 9.84 Å². The summed E-state index contributed by atoms with van der Waals surface area (Å²) in [6.45, 7) is 10.2. The van der Waals surface area contributed by atoms with E-state index in [4.69, 9.17) is 4.74 Å².